The summed E-state index contributed by atoms with van der Waals surface area (Å²) in [4.78, 5) is 6.80. The van der Waals surface area contributed by atoms with E-state index in [1.54, 1.807) is 7.11 Å². The molecule has 2 aliphatic rings. The normalized spacial score (nSPS) is 26.5. The minimum absolute atomic E-state index is 0.279. The number of methoxy groups -OCH3 is 1. The molecule has 0 radical (unpaired) electrons. The van der Waals surface area contributed by atoms with Crippen LogP contribution in [-0.2, 0) is 4.74 Å². The SMILES string of the molecule is COC1CCCN(C(CN)c2cncn2C2CC2)C1. The number of rotatable bonds is 5. The maximum Gasteiger partial charge on any atom is 0.0951 e. The third kappa shape index (κ3) is 2.68. The highest BCUT2D eigenvalue weighted by Crippen LogP contribution is 2.38. The van der Waals surface area contributed by atoms with Crippen LogP contribution in [0.2, 0.25) is 0 Å². The Morgan fingerprint density at radius 2 is 2.32 bits per heavy atom. The van der Waals surface area contributed by atoms with Crippen molar-refractivity contribution in [1.29, 1.82) is 0 Å². The van der Waals surface area contributed by atoms with E-state index in [9.17, 15) is 0 Å². The molecule has 0 bridgehead atoms. The largest absolute Gasteiger partial charge is 0.380 e. The van der Waals surface area contributed by atoms with Crippen molar-refractivity contribution in [2.24, 2.45) is 5.73 Å². The van der Waals surface area contributed by atoms with Crippen LogP contribution in [0.1, 0.15) is 43.5 Å². The molecule has 1 aromatic heterocycles. The van der Waals surface area contributed by atoms with Gasteiger partial charge in [-0.05, 0) is 32.2 Å². The lowest BCUT2D eigenvalue weighted by molar-refractivity contribution is 0.0142. The lowest BCUT2D eigenvalue weighted by atomic mass is 10.0. The minimum Gasteiger partial charge on any atom is -0.380 e. The van der Waals surface area contributed by atoms with E-state index in [0.717, 1.165) is 19.5 Å². The standard InChI is InChI=1S/C14H24N4O/c1-19-12-3-2-6-17(9-12)13(7-15)14-8-16-10-18(14)11-4-5-11/h8,10-13H,2-7,9,15H2,1H3. The average molecular weight is 264 g/mol. The Balaban J connectivity index is 1.77. The average Bonchev–Trinajstić information content (AvgIpc) is 3.19. The third-order valence-electron chi connectivity index (χ3n) is 4.38. The lowest BCUT2D eigenvalue weighted by Crippen LogP contribution is -2.44. The number of hydrogen-bond acceptors (Lipinski definition) is 4. The second kappa shape index (κ2) is 5.61. The van der Waals surface area contributed by atoms with Gasteiger partial charge in [-0.15, -0.1) is 0 Å². The van der Waals surface area contributed by atoms with Gasteiger partial charge in [-0.2, -0.15) is 0 Å². The Labute approximate surface area is 114 Å². The number of aromatic nitrogens is 2. The number of ether oxygens (including phenoxy) is 1. The summed E-state index contributed by atoms with van der Waals surface area (Å²) in [5.74, 6) is 0. The third-order valence-corrected chi connectivity index (χ3v) is 4.38. The molecule has 19 heavy (non-hydrogen) atoms. The molecular formula is C14H24N4O. The van der Waals surface area contributed by atoms with E-state index < -0.39 is 0 Å². The van der Waals surface area contributed by atoms with Gasteiger partial charge in [-0.3, -0.25) is 4.90 Å². The monoisotopic (exact) mass is 264 g/mol. The van der Waals surface area contributed by atoms with Gasteiger partial charge in [0.2, 0.25) is 0 Å². The molecule has 106 valence electrons. The maximum absolute atomic E-state index is 6.05. The number of imidazole rings is 1. The van der Waals surface area contributed by atoms with E-state index >= 15 is 0 Å². The highest BCUT2D eigenvalue weighted by molar-refractivity contribution is 5.10. The van der Waals surface area contributed by atoms with E-state index in [1.807, 2.05) is 12.5 Å². The molecule has 3 rings (SSSR count). The molecule has 2 heterocycles. The maximum atomic E-state index is 6.05. The predicted octanol–water partition coefficient (Wildman–Crippen LogP) is 1.33. The molecule has 5 nitrogen and oxygen atoms in total. The first-order chi connectivity index (χ1) is 9.33. The fourth-order valence-electron chi connectivity index (χ4n) is 3.13. The summed E-state index contributed by atoms with van der Waals surface area (Å²) in [6.45, 7) is 2.74. The van der Waals surface area contributed by atoms with E-state index in [0.29, 0.717) is 18.7 Å². The molecule has 0 spiro atoms. The summed E-state index contributed by atoms with van der Waals surface area (Å²) < 4.78 is 7.85. The van der Waals surface area contributed by atoms with Gasteiger partial charge in [-0.1, -0.05) is 0 Å². The fraction of sp³-hybridized carbons (Fsp3) is 0.786. The molecular weight excluding hydrogens is 240 g/mol. The molecule has 2 unspecified atom stereocenters. The van der Waals surface area contributed by atoms with Crippen LogP contribution < -0.4 is 5.73 Å². The fourth-order valence-corrected chi connectivity index (χ4v) is 3.13. The summed E-state index contributed by atoms with van der Waals surface area (Å²) >= 11 is 0. The van der Waals surface area contributed by atoms with Crippen molar-refractivity contribution >= 4 is 0 Å². The molecule has 5 heteroatoms. The zero-order chi connectivity index (χ0) is 13.2. The molecule has 1 saturated heterocycles. The quantitative estimate of drug-likeness (QED) is 0.871. The lowest BCUT2D eigenvalue weighted by Gasteiger charge is -2.37. The van der Waals surface area contributed by atoms with Gasteiger partial charge < -0.3 is 15.0 Å². The number of hydrogen-bond donors (Lipinski definition) is 1. The van der Waals surface area contributed by atoms with Crippen LogP contribution in [0.3, 0.4) is 0 Å². The Kier molecular flexibility index (Phi) is 3.86. The van der Waals surface area contributed by atoms with Gasteiger partial charge in [0.05, 0.1) is 24.2 Å². The van der Waals surface area contributed by atoms with Gasteiger partial charge in [0.15, 0.2) is 0 Å². The Bertz CT molecular complexity index is 415. The molecule has 1 aliphatic heterocycles. The smallest absolute Gasteiger partial charge is 0.0951 e. The van der Waals surface area contributed by atoms with E-state index in [1.165, 1.54) is 25.0 Å². The number of nitrogens with zero attached hydrogens (tertiary/aromatic N) is 3. The highest BCUT2D eigenvalue weighted by Gasteiger charge is 2.31. The molecule has 1 saturated carbocycles. The van der Waals surface area contributed by atoms with Gasteiger partial charge in [0, 0.05) is 32.4 Å². The van der Waals surface area contributed by atoms with Crippen molar-refractivity contribution in [3.8, 4) is 0 Å². The van der Waals surface area contributed by atoms with Crippen LogP contribution in [-0.4, -0.2) is 47.3 Å². The Morgan fingerprint density at radius 3 is 3.00 bits per heavy atom. The van der Waals surface area contributed by atoms with Crippen LogP contribution in [0.15, 0.2) is 12.5 Å². The van der Waals surface area contributed by atoms with Crippen molar-refractivity contribution in [2.45, 2.75) is 43.9 Å². The van der Waals surface area contributed by atoms with Gasteiger partial charge in [0.25, 0.3) is 0 Å². The van der Waals surface area contributed by atoms with Crippen LogP contribution in [0, 0.1) is 0 Å². The number of likely N-dealkylation sites (tertiary alicyclic amines) is 1. The second-order valence-electron chi connectivity index (χ2n) is 5.70. The van der Waals surface area contributed by atoms with E-state index in [4.69, 9.17) is 10.5 Å². The first kappa shape index (κ1) is 13.1. The first-order valence-corrected chi connectivity index (χ1v) is 7.32. The molecule has 1 aromatic rings. The summed E-state index contributed by atoms with van der Waals surface area (Å²) in [5.41, 5.74) is 7.33. The summed E-state index contributed by atoms with van der Waals surface area (Å²) in [5, 5.41) is 0. The van der Waals surface area contributed by atoms with Crippen molar-refractivity contribution in [2.75, 3.05) is 26.7 Å². The minimum atomic E-state index is 0.279. The predicted molar refractivity (Wildman–Crippen MR) is 73.9 cm³/mol. The van der Waals surface area contributed by atoms with Crippen LogP contribution in [0.5, 0.6) is 0 Å². The summed E-state index contributed by atoms with van der Waals surface area (Å²) in [7, 11) is 1.81. The van der Waals surface area contributed by atoms with Crippen molar-refractivity contribution in [3.63, 3.8) is 0 Å². The van der Waals surface area contributed by atoms with Crippen LogP contribution in [0.25, 0.3) is 0 Å². The second-order valence-corrected chi connectivity index (χ2v) is 5.70. The summed E-state index contributed by atoms with van der Waals surface area (Å²) in [6, 6.07) is 0.940. The van der Waals surface area contributed by atoms with Crippen molar-refractivity contribution in [1.82, 2.24) is 14.5 Å². The Morgan fingerprint density at radius 1 is 1.47 bits per heavy atom. The molecule has 2 fully saturated rings. The molecule has 2 atom stereocenters. The van der Waals surface area contributed by atoms with Crippen LogP contribution in [0.4, 0.5) is 0 Å². The van der Waals surface area contributed by atoms with Crippen molar-refractivity contribution < 1.29 is 4.74 Å². The van der Waals surface area contributed by atoms with Crippen LogP contribution >= 0.6 is 0 Å². The topological polar surface area (TPSA) is 56.3 Å². The molecule has 0 amide bonds. The molecule has 2 N–H and O–H groups in total. The van der Waals surface area contributed by atoms with E-state index in [2.05, 4.69) is 14.5 Å². The van der Waals surface area contributed by atoms with Gasteiger partial charge in [-0.25, -0.2) is 4.98 Å². The van der Waals surface area contributed by atoms with Gasteiger partial charge in [0.1, 0.15) is 0 Å². The van der Waals surface area contributed by atoms with E-state index in [-0.39, 0.29) is 6.04 Å². The Hall–Kier alpha value is -0.910. The molecule has 1 aliphatic carbocycles. The summed E-state index contributed by atoms with van der Waals surface area (Å²) in [6.07, 6.45) is 9.21. The zero-order valence-electron chi connectivity index (χ0n) is 11.7. The molecule has 0 aromatic carbocycles. The van der Waals surface area contributed by atoms with Crippen molar-refractivity contribution in [3.05, 3.63) is 18.2 Å². The van der Waals surface area contributed by atoms with Gasteiger partial charge >= 0.3 is 0 Å². The first-order valence-electron chi connectivity index (χ1n) is 7.32. The zero-order valence-corrected chi connectivity index (χ0v) is 11.7. The number of piperidine rings is 1. The number of nitrogens with two attached hydrogens (primary N) is 1. The highest BCUT2D eigenvalue weighted by atomic mass is 16.5.